The molecule has 0 heterocycles. The van der Waals surface area contributed by atoms with Gasteiger partial charge in [-0.15, -0.1) is 0 Å². The number of aliphatic hydroxyl groups is 1. The first-order valence-corrected chi connectivity index (χ1v) is 5.53. The predicted molar refractivity (Wildman–Crippen MR) is 60.4 cm³/mol. The van der Waals surface area contributed by atoms with Gasteiger partial charge in [0.25, 0.3) is 0 Å². The summed E-state index contributed by atoms with van der Waals surface area (Å²) in [6.07, 6.45) is 1.12. The van der Waals surface area contributed by atoms with Crippen molar-refractivity contribution in [1.82, 2.24) is 0 Å². The van der Waals surface area contributed by atoms with Crippen LogP contribution in [-0.4, -0.2) is 11.2 Å². The monoisotopic (exact) mass is 258 g/mol. The minimum Gasteiger partial charge on any atom is -0.489 e. The molecule has 0 fully saturated rings. The highest BCUT2D eigenvalue weighted by molar-refractivity contribution is 9.10. The van der Waals surface area contributed by atoms with E-state index in [0.29, 0.717) is 0 Å². The number of halogens is 1. The summed E-state index contributed by atoms with van der Waals surface area (Å²) < 4.78 is 6.60. The second-order valence-corrected chi connectivity index (χ2v) is 4.08. The molecule has 0 aliphatic carbocycles. The Kier molecular flexibility index (Phi) is 4.42. The summed E-state index contributed by atoms with van der Waals surface area (Å²) in [6, 6.07) is 5.67. The molecule has 2 nitrogen and oxygen atoms in total. The first-order chi connectivity index (χ1) is 6.69. The fraction of sp³-hybridized carbons (Fsp3) is 0.455. The Hall–Kier alpha value is -0.540. The average molecular weight is 259 g/mol. The van der Waals surface area contributed by atoms with Crippen LogP contribution in [0.2, 0.25) is 0 Å². The van der Waals surface area contributed by atoms with Crippen LogP contribution < -0.4 is 4.74 Å². The van der Waals surface area contributed by atoms with Crippen molar-refractivity contribution in [1.29, 1.82) is 0 Å². The maximum absolute atomic E-state index is 9.13. The quantitative estimate of drug-likeness (QED) is 0.900. The van der Waals surface area contributed by atoms with Crippen molar-refractivity contribution in [3.05, 3.63) is 28.2 Å². The topological polar surface area (TPSA) is 29.5 Å². The van der Waals surface area contributed by atoms with Crippen LogP contribution in [0.4, 0.5) is 0 Å². The number of para-hydroxylation sites is 1. The Bertz CT molecular complexity index is 299. The first-order valence-electron chi connectivity index (χ1n) is 4.74. The van der Waals surface area contributed by atoms with E-state index < -0.39 is 0 Å². The lowest BCUT2D eigenvalue weighted by molar-refractivity contribution is 0.204. The summed E-state index contributed by atoms with van der Waals surface area (Å²) in [5.41, 5.74) is 0.819. The van der Waals surface area contributed by atoms with Crippen molar-refractivity contribution >= 4 is 15.9 Å². The molecular weight excluding hydrogens is 244 g/mol. The van der Waals surface area contributed by atoms with Gasteiger partial charge in [-0.25, -0.2) is 0 Å². The van der Waals surface area contributed by atoms with E-state index in [1.165, 1.54) is 0 Å². The van der Waals surface area contributed by atoms with Crippen molar-refractivity contribution in [2.24, 2.45) is 0 Å². The number of ether oxygens (including phenoxy) is 1. The number of rotatable bonds is 4. The first kappa shape index (κ1) is 11.5. The molecule has 0 aliphatic heterocycles. The van der Waals surface area contributed by atoms with Crippen LogP contribution >= 0.6 is 15.9 Å². The van der Waals surface area contributed by atoms with Crippen LogP contribution in [0.3, 0.4) is 0 Å². The minimum absolute atomic E-state index is 0.00517. The van der Waals surface area contributed by atoms with Gasteiger partial charge in [-0.1, -0.05) is 19.1 Å². The molecule has 1 unspecified atom stereocenters. The van der Waals surface area contributed by atoms with Crippen LogP contribution in [0.5, 0.6) is 5.75 Å². The van der Waals surface area contributed by atoms with E-state index in [-0.39, 0.29) is 12.7 Å². The van der Waals surface area contributed by atoms with E-state index in [2.05, 4.69) is 22.9 Å². The zero-order valence-electron chi connectivity index (χ0n) is 8.46. The fourth-order valence-electron chi connectivity index (χ4n) is 1.09. The Morgan fingerprint density at radius 2 is 2.21 bits per heavy atom. The molecular formula is C11H15BrO2. The molecule has 0 aromatic heterocycles. The van der Waals surface area contributed by atoms with Crippen molar-refractivity contribution in [2.75, 3.05) is 0 Å². The van der Waals surface area contributed by atoms with E-state index in [0.717, 1.165) is 22.2 Å². The van der Waals surface area contributed by atoms with Crippen LogP contribution in [-0.2, 0) is 6.61 Å². The van der Waals surface area contributed by atoms with E-state index in [1.807, 2.05) is 25.1 Å². The summed E-state index contributed by atoms with van der Waals surface area (Å²) in [5.74, 6) is 0.754. The molecule has 78 valence electrons. The number of benzene rings is 1. The molecule has 3 heteroatoms. The molecule has 0 bridgehead atoms. The van der Waals surface area contributed by atoms with E-state index >= 15 is 0 Å². The van der Waals surface area contributed by atoms with Gasteiger partial charge < -0.3 is 9.84 Å². The lowest BCUT2D eigenvalue weighted by Gasteiger charge is -2.16. The molecule has 1 rings (SSSR count). The predicted octanol–water partition coefficient (Wildman–Crippen LogP) is 3.12. The second-order valence-electron chi connectivity index (χ2n) is 3.22. The van der Waals surface area contributed by atoms with Crippen LogP contribution in [0, 0.1) is 0 Å². The Morgan fingerprint density at radius 3 is 2.79 bits per heavy atom. The Morgan fingerprint density at radius 1 is 1.50 bits per heavy atom. The number of hydrogen-bond donors (Lipinski definition) is 1. The van der Waals surface area contributed by atoms with E-state index in [9.17, 15) is 0 Å². The molecule has 0 saturated carbocycles. The molecule has 1 atom stereocenters. The van der Waals surface area contributed by atoms with Gasteiger partial charge in [-0.2, -0.15) is 0 Å². The van der Waals surface area contributed by atoms with Crippen LogP contribution in [0.1, 0.15) is 25.8 Å². The maximum Gasteiger partial charge on any atom is 0.139 e. The Labute approximate surface area is 93.0 Å². The summed E-state index contributed by atoms with van der Waals surface area (Å²) in [4.78, 5) is 0. The van der Waals surface area contributed by atoms with Gasteiger partial charge in [-0.3, -0.25) is 0 Å². The van der Waals surface area contributed by atoms with Gasteiger partial charge in [0.05, 0.1) is 17.2 Å². The van der Waals surface area contributed by atoms with Gasteiger partial charge in [0, 0.05) is 5.56 Å². The molecule has 0 radical (unpaired) electrons. The smallest absolute Gasteiger partial charge is 0.139 e. The van der Waals surface area contributed by atoms with Gasteiger partial charge in [0.1, 0.15) is 5.75 Å². The summed E-state index contributed by atoms with van der Waals surface area (Å²) >= 11 is 3.41. The molecule has 1 N–H and O–H groups in total. The van der Waals surface area contributed by atoms with Crippen LogP contribution in [0.15, 0.2) is 22.7 Å². The summed E-state index contributed by atoms with van der Waals surface area (Å²) in [6.45, 7) is 4.09. The lowest BCUT2D eigenvalue weighted by atomic mass is 10.2. The van der Waals surface area contributed by atoms with Crippen molar-refractivity contribution in [3.8, 4) is 5.75 Å². The van der Waals surface area contributed by atoms with Gasteiger partial charge in [0.15, 0.2) is 0 Å². The molecule has 0 spiro atoms. The van der Waals surface area contributed by atoms with Crippen molar-refractivity contribution in [3.63, 3.8) is 0 Å². The summed E-state index contributed by atoms with van der Waals surface area (Å²) in [5, 5.41) is 9.13. The van der Waals surface area contributed by atoms with Gasteiger partial charge in [0.2, 0.25) is 0 Å². The van der Waals surface area contributed by atoms with Crippen molar-refractivity contribution in [2.45, 2.75) is 33.0 Å². The molecule has 1 aromatic carbocycles. The second kappa shape index (κ2) is 5.37. The number of hydrogen-bond acceptors (Lipinski definition) is 2. The number of aliphatic hydroxyl groups excluding tert-OH is 1. The molecule has 0 amide bonds. The molecule has 0 saturated heterocycles. The molecule has 1 aromatic rings. The SMILES string of the molecule is CCC(C)Oc1c(Br)cccc1CO. The fourth-order valence-corrected chi connectivity index (χ4v) is 1.60. The standard InChI is InChI=1S/C11H15BrO2/c1-3-8(2)14-11-9(7-13)5-4-6-10(11)12/h4-6,8,13H,3,7H2,1-2H3. The van der Waals surface area contributed by atoms with Crippen LogP contribution in [0.25, 0.3) is 0 Å². The third-order valence-electron chi connectivity index (χ3n) is 2.11. The molecule has 0 aliphatic rings. The third-order valence-corrected chi connectivity index (χ3v) is 2.74. The lowest BCUT2D eigenvalue weighted by Crippen LogP contribution is -2.11. The normalized spacial score (nSPS) is 12.6. The maximum atomic E-state index is 9.13. The largest absolute Gasteiger partial charge is 0.489 e. The van der Waals surface area contributed by atoms with E-state index in [1.54, 1.807) is 0 Å². The zero-order chi connectivity index (χ0) is 10.6. The highest BCUT2D eigenvalue weighted by Crippen LogP contribution is 2.30. The zero-order valence-corrected chi connectivity index (χ0v) is 10.0. The molecule has 14 heavy (non-hydrogen) atoms. The highest BCUT2D eigenvalue weighted by atomic mass is 79.9. The Balaban J connectivity index is 2.92. The van der Waals surface area contributed by atoms with Crippen molar-refractivity contribution < 1.29 is 9.84 Å². The summed E-state index contributed by atoms with van der Waals surface area (Å²) in [7, 11) is 0. The van der Waals surface area contributed by atoms with Gasteiger partial charge >= 0.3 is 0 Å². The minimum atomic E-state index is 0.00517. The van der Waals surface area contributed by atoms with E-state index in [4.69, 9.17) is 9.84 Å². The highest BCUT2D eigenvalue weighted by Gasteiger charge is 2.09. The third kappa shape index (κ3) is 2.72. The van der Waals surface area contributed by atoms with Gasteiger partial charge in [-0.05, 0) is 35.3 Å². The average Bonchev–Trinajstić information content (AvgIpc) is 2.20.